The van der Waals surface area contributed by atoms with Gasteiger partial charge in [-0.2, -0.15) is 0 Å². The molecule has 1 atom stereocenters. The monoisotopic (exact) mass is 397 g/mol. The number of rotatable bonds is 8. The number of hydrogen-bond donors (Lipinski definition) is 0. The largest absolute Gasteiger partial charge is 0.417 e. The van der Waals surface area contributed by atoms with Gasteiger partial charge < -0.3 is 9.33 Å². The van der Waals surface area contributed by atoms with Crippen molar-refractivity contribution >= 4 is 14.2 Å². The molecule has 4 heteroatoms. The predicted molar refractivity (Wildman–Crippen MR) is 120 cm³/mol. The van der Waals surface area contributed by atoms with Crippen molar-refractivity contribution < 1.29 is 9.22 Å². The molecule has 0 aliphatic carbocycles. The number of carbonyl (C=O) groups excluding carboxylic acids is 1. The molecule has 0 radical (unpaired) electrons. The summed E-state index contributed by atoms with van der Waals surface area (Å²) in [5, 5.41) is 0.204. The highest BCUT2D eigenvalue weighted by Crippen LogP contribution is 2.37. The van der Waals surface area contributed by atoms with E-state index in [2.05, 4.69) is 58.1 Å². The lowest BCUT2D eigenvalue weighted by Gasteiger charge is -2.36. The van der Waals surface area contributed by atoms with E-state index in [9.17, 15) is 4.79 Å². The lowest BCUT2D eigenvalue weighted by atomic mass is 9.95. The van der Waals surface area contributed by atoms with E-state index in [4.69, 9.17) is 4.43 Å². The van der Waals surface area contributed by atoms with Crippen LogP contribution in [0.5, 0.6) is 0 Å². The van der Waals surface area contributed by atoms with Crippen LogP contribution in [0.25, 0.3) is 0 Å². The van der Waals surface area contributed by atoms with Gasteiger partial charge in [-0.15, -0.1) is 0 Å². The van der Waals surface area contributed by atoms with Gasteiger partial charge in [0.1, 0.15) is 0 Å². The molecule has 0 bridgehead atoms. The fourth-order valence-electron chi connectivity index (χ4n) is 2.98. The Morgan fingerprint density at radius 1 is 1.00 bits per heavy atom. The van der Waals surface area contributed by atoms with E-state index in [1.807, 2.05) is 48.3 Å². The molecule has 0 fully saturated rings. The van der Waals surface area contributed by atoms with Gasteiger partial charge in [-0.1, -0.05) is 69.3 Å². The number of carbonyl (C=O) groups is 1. The van der Waals surface area contributed by atoms with Gasteiger partial charge in [-0.25, -0.2) is 0 Å². The molecule has 0 saturated carbocycles. The van der Waals surface area contributed by atoms with Crippen LogP contribution in [0.1, 0.15) is 49.0 Å². The van der Waals surface area contributed by atoms with Gasteiger partial charge >= 0.3 is 0 Å². The highest BCUT2D eigenvalue weighted by atomic mass is 28.4. The summed E-state index contributed by atoms with van der Waals surface area (Å²) in [5.41, 5.74) is 1.99. The first kappa shape index (κ1) is 22.4. The first-order valence-electron chi connectivity index (χ1n) is 10.1. The van der Waals surface area contributed by atoms with E-state index in [-0.39, 0.29) is 16.9 Å². The van der Waals surface area contributed by atoms with Gasteiger partial charge in [0.05, 0.1) is 0 Å². The van der Waals surface area contributed by atoms with Crippen molar-refractivity contribution in [1.29, 1.82) is 0 Å². The summed E-state index contributed by atoms with van der Waals surface area (Å²) in [6.07, 6.45) is 0.906. The third-order valence-electron chi connectivity index (χ3n) is 5.87. The minimum absolute atomic E-state index is 0.0619. The molecule has 1 amide bonds. The second kappa shape index (κ2) is 9.53. The van der Waals surface area contributed by atoms with E-state index >= 15 is 0 Å². The van der Waals surface area contributed by atoms with Crippen molar-refractivity contribution in [2.24, 2.45) is 0 Å². The second-order valence-corrected chi connectivity index (χ2v) is 13.9. The predicted octanol–water partition coefficient (Wildman–Crippen LogP) is 5.95. The van der Waals surface area contributed by atoms with Crippen molar-refractivity contribution in [2.75, 3.05) is 20.2 Å². The average Bonchev–Trinajstić information content (AvgIpc) is 2.67. The molecular formula is C24H35NO2Si. The number of nitrogens with zero attached hydrogens (tertiary/aromatic N) is 1. The van der Waals surface area contributed by atoms with Crippen LogP contribution in [0, 0.1) is 0 Å². The molecule has 0 N–H and O–H groups in total. The molecule has 2 aromatic rings. The maximum absolute atomic E-state index is 12.8. The molecule has 0 aliphatic heterocycles. The van der Waals surface area contributed by atoms with Crippen LogP contribution in [0.15, 0.2) is 60.7 Å². The van der Waals surface area contributed by atoms with E-state index in [0.29, 0.717) is 6.54 Å². The van der Waals surface area contributed by atoms with E-state index in [0.717, 1.165) is 18.6 Å². The smallest absolute Gasteiger partial charge is 0.253 e. The average molecular weight is 398 g/mol. The van der Waals surface area contributed by atoms with Crippen molar-refractivity contribution in [3.63, 3.8) is 0 Å². The lowest BCUT2D eigenvalue weighted by Crippen LogP contribution is -2.41. The van der Waals surface area contributed by atoms with Crippen molar-refractivity contribution in [1.82, 2.24) is 4.90 Å². The molecule has 0 saturated heterocycles. The maximum Gasteiger partial charge on any atom is 0.253 e. The zero-order valence-corrected chi connectivity index (χ0v) is 19.2. The summed E-state index contributed by atoms with van der Waals surface area (Å²) < 4.78 is 6.41. The third-order valence-corrected chi connectivity index (χ3v) is 10.4. The van der Waals surface area contributed by atoms with Crippen LogP contribution in [0.4, 0.5) is 0 Å². The summed E-state index contributed by atoms with van der Waals surface area (Å²) in [5.74, 6) is 0.315. The summed E-state index contributed by atoms with van der Waals surface area (Å²) in [7, 11) is 0.121. The molecule has 0 aromatic heterocycles. The van der Waals surface area contributed by atoms with Gasteiger partial charge in [0.15, 0.2) is 8.32 Å². The van der Waals surface area contributed by atoms with Crippen molar-refractivity contribution in [3.05, 3.63) is 71.8 Å². The molecule has 1 unspecified atom stereocenters. The second-order valence-electron chi connectivity index (χ2n) is 9.06. The Balaban J connectivity index is 2.07. The number of benzene rings is 2. The number of hydrogen-bond acceptors (Lipinski definition) is 2. The van der Waals surface area contributed by atoms with E-state index in [1.165, 1.54) is 5.56 Å². The molecule has 0 aliphatic rings. The molecule has 152 valence electrons. The van der Waals surface area contributed by atoms with Gasteiger partial charge in [0.25, 0.3) is 5.91 Å². The molecule has 28 heavy (non-hydrogen) atoms. The Kier molecular flexibility index (Phi) is 7.61. The van der Waals surface area contributed by atoms with Gasteiger partial charge in [0, 0.05) is 31.7 Å². The summed E-state index contributed by atoms with van der Waals surface area (Å²) in [4.78, 5) is 14.6. The summed E-state index contributed by atoms with van der Waals surface area (Å²) >= 11 is 0. The quantitative estimate of drug-likeness (QED) is 0.515. The number of amides is 1. The van der Waals surface area contributed by atoms with Crippen LogP contribution < -0.4 is 0 Å². The lowest BCUT2D eigenvalue weighted by molar-refractivity contribution is 0.0781. The molecular weight excluding hydrogens is 362 g/mol. The van der Waals surface area contributed by atoms with Gasteiger partial charge in [-0.05, 0) is 42.2 Å². The Hall–Kier alpha value is -1.91. The standard InChI is InChI=1S/C24H35NO2Si/c1-24(2,3)28(5,6)27-18-17-22(20-13-9-7-10-14-20)19-25(4)23(26)21-15-11-8-12-16-21/h7-16,22H,17-19H2,1-6H3. The van der Waals surface area contributed by atoms with Gasteiger partial charge in [0.2, 0.25) is 0 Å². The van der Waals surface area contributed by atoms with Crippen LogP contribution >= 0.6 is 0 Å². The molecule has 2 aromatic carbocycles. The molecule has 0 heterocycles. The van der Waals surface area contributed by atoms with Crippen molar-refractivity contribution in [2.45, 2.75) is 51.2 Å². The van der Waals surface area contributed by atoms with Crippen molar-refractivity contribution in [3.8, 4) is 0 Å². The highest BCUT2D eigenvalue weighted by Gasteiger charge is 2.37. The first-order valence-corrected chi connectivity index (χ1v) is 13.0. The van der Waals surface area contributed by atoms with Crippen LogP contribution in [-0.2, 0) is 4.43 Å². The number of likely N-dealkylation sites (N-methyl/N-ethyl adjacent to an activating group) is 1. The topological polar surface area (TPSA) is 29.5 Å². The van der Waals surface area contributed by atoms with Crippen LogP contribution in [0.2, 0.25) is 18.1 Å². The first-order chi connectivity index (χ1) is 13.1. The maximum atomic E-state index is 12.8. The minimum atomic E-state index is -1.77. The summed E-state index contributed by atoms with van der Waals surface area (Å²) in [6, 6.07) is 20.0. The Labute approximate surface area is 171 Å². The molecule has 3 nitrogen and oxygen atoms in total. The fourth-order valence-corrected chi connectivity index (χ4v) is 4.04. The Morgan fingerprint density at radius 3 is 2.07 bits per heavy atom. The fraction of sp³-hybridized carbons (Fsp3) is 0.458. The van der Waals surface area contributed by atoms with Crippen LogP contribution in [0.3, 0.4) is 0 Å². The Bertz CT molecular complexity index is 738. The normalized spacial score (nSPS) is 13.2. The summed E-state index contributed by atoms with van der Waals surface area (Å²) in [6.45, 7) is 12.8. The zero-order valence-electron chi connectivity index (χ0n) is 18.2. The van der Waals surface area contributed by atoms with E-state index in [1.54, 1.807) is 0 Å². The minimum Gasteiger partial charge on any atom is -0.417 e. The zero-order chi connectivity index (χ0) is 20.8. The molecule has 0 spiro atoms. The SMILES string of the molecule is CN(CC(CCO[Si](C)(C)C(C)(C)C)c1ccccc1)C(=O)c1ccccc1. The van der Waals surface area contributed by atoms with Crippen LogP contribution in [-0.4, -0.2) is 39.3 Å². The van der Waals surface area contributed by atoms with E-state index < -0.39 is 8.32 Å². The third kappa shape index (κ3) is 6.04. The highest BCUT2D eigenvalue weighted by molar-refractivity contribution is 6.74. The Morgan fingerprint density at radius 2 is 1.54 bits per heavy atom. The molecule has 2 rings (SSSR count). The van der Waals surface area contributed by atoms with Gasteiger partial charge in [-0.3, -0.25) is 4.79 Å².